The van der Waals surface area contributed by atoms with E-state index in [-0.39, 0.29) is 12.5 Å². The summed E-state index contributed by atoms with van der Waals surface area (Å²) < 4.78 is 11.5. The number of nitrogens with one attached hydrogen (secondary N) is 1. The Kier molecular flexibility index (Phi) is 7.00. The zero-order chi connectivity index (χ0) is 22.2. The van der Waals surface area contributed by atoms with Crippen LogP contribution in [-0.4, -0.2) is 18.7 Å². The highest BCUT2D eigenvalue weighted by atomic mass is 35.5. The van der Waals surface area contributed by atoms with E-state index in [1.807, 2.05) is 91.0 Å². The number of nitrogens with zero attached hydrogens (tertiary/aromatic N) is 1. The topological polar surface area (TPSA) is 59.9 Å². The van der Waals surface area contributed by atoms with Crippen LogP contribution in [0.15, 0.2) is 96.1 Å². The van der Waals surface area contributed by atoms with Gasteiger partial charge in [0, 0.05) is 10.4 Å². The number of carbonyl (C=O) groups is 1. The second-order valence-electron chi connectivity index (χ2n) is 7.05. The number of hydrazone groups is 1. The molecule has 0 aliphatic carbocycles. The summed E-state index contributed by atoms with van der Waals surface area (Å²) in [5, 5.41) is 6.72. The summed E-state index contributed by atoms with van der Waals surface area (Å²) in [5.41, 5.74) is 4.30. The van der Waals surface area contributed by atoms with E-state index in [0.29, 0.717) is 23.1 Å². The molecule has 0 spiro atoms. The number of halogens is 1. The van der Waals surface area contributed by atoms with Crippen molar-refractivity contribution < 1.29 is 14.3 Å². The van der Waals surface area contributed by atoms with E-state index in [0.717, 1.165) is 21.9 Å². The zero-order valence-electron chi connectivity index (χ0n) is 17.2. The van der Waals surface area contributed by atoms with Crippen LogP contribution in [0, 0.1) is 0 Å². The number of rotatable bonds is 8. The van der Waals surface area contributed by atoms with E-state index in [1.165, 1.54) is 0 Å². The van der Waals surface area contributed by atoms with Gasteiger partial charge in [-0.3, -0.25) is 4.79 Å². The van der Waals surface area contributed by atoms with Crippen molar-refractivity contribution in [1.82, 2.24) is 5.43 Å². The minimum absolute atomic E-state index is 0.129. The molecular formula is C26H21ClN2O3. The second-order valence-corrected chi connectivity index (χ2v) is 7.48. The maximum Gasteiger partial charge on any atom is 0.277 e. The van der Waals surface area contributed by atoms with Crippen molar-refractivity contribution in [1.29, 1.82) is 0 Å². The molecule has 0 heterocycles. The normalized spacial score (nSPS) is 10.9. The summed E-state index contributed by atoms with van der Waals surface area (Å²) in [6, 6.07) is 28.5. The van der Waals surface area contributed by atoms with Gasteiger partial charge in [0.25, 0.3) is 5.91 Å². The van der Waals surface area contributed by atoms with E-state index in [2.05, 4.69) is 10.5 Å². The number of hydrogen-bond donors (Lipinski definition) is 1. The lowest BCUT2D eigenvalue weighted by Gasteiger charge is -2.08. The summed E-state index contributed by atoms with van der Waals surface area (Å²) in [6.07, 6.45) is 1.56. The van der Waals surface area contributed by atoms with Gasteiger partial charge in [0.1, 0.15) is 18.1 Å². The molecule has 0 radical (unpaired) electrons. The van der Waals surface area contributed by atoms with Gasteiger partial charge in [-0.05, 0) is 46.8 Å². The molecule has 0 aromatic heterocycles. The van der Waals surface area contributed by atoms with Crippen LogP contribution in [-0.2, 0) is 11.4 Å². The van der Waals surface area contributed by atoms with E-state index in [1.54, 1.807) is 6.21 Å². The van der Waals surface area contributed by atoms with Gasteiger partial charge in [0.15, 0.2) is 6.61 Å². The smallest absolute Gasteiger partial charge is 0.277 e. The number of hydrogen-bond acceptors (Lipinski definition) is 4. The van der Waals surface area contributed by atoms with Crippen LogP contribution in [0.25, 0.3) is 10.8 Å². The van der Waals surface area contributed by atoms with Crippen molar-refractivity contribution in [3.8, 4) is 11.5 Å². The molecule has 0 saturated heterocycles. The Balaban J connectivity index is 1.28. The molecule has 0 fully saturated rings. The minimum atomic E-state index is -0.343. The van der Waals surface area contributed by atoms with Crippen molar-refractivity contribution in [3.05, 3.63) is 107 Å². The molecule has 4 aromatic carbocycles. The molecule has 0 bridgehead atoms. The highest BCUT2D eigenvalue weighted by Gasteiger charge is 2.05. The van der Waals surface area contributed by atoms with Gasteiger partial charge in [-0.1, -0.05) is 72.3 Å². The van der Waals surface area contributed by atoms with Crippen LogP contribution < -0.4 is 14.9 Å². The molecule has 0 unspecified atom stereocenters. The van der Waals surface area contributed by atoms with Crippen molar-refractivity contribution in [2.75, 3.05) is 6.61 Å². The first-order chi connectivity index (χ1) is 15.7. The maximum atomic E-state index is 12.1. The molecule has 6 heteroatoms. The van der Waals surface area contributed by atoms with Crippen molar-refractivity contribution in [2.45, 2.75) is 6.61 Å². The Labute approximate surface area is 191 Å². The first kappa shape index (κ1) is 21.4. The molecule has 32 heavy (non-hydrogen) atoms. The third-order valence-corrected chi connectivity index (χ3v) is 4.94. The number of benzene rings is 4. The first-order valence-electron chi connectivity index (χ1n) is 10.1. The highest BCUT2D eigenvalue weighted by Crippen LogP contribution is 2.25. The lowest BCUT2D eigenvalue weighted by Crippen LogP contribution is -2.24. The Morgan fingerprint density at radius 1 is 0.906 bits per heavy atom. The summed E-state index contributed by atoms with van der Waals surface area (Å²) in [6.45, 7) is 0.301. The van der Waals surface area contributed by atoms with Crippen molar-refractivity contribution in [2.24, 2.45) is 5.10 Å². The largest absolute Gasteiger partial charge is 0.489 e. The summed E-state index contributed by atoms with van der Waals surface area (Å²) in [4.78, 5) is 12.1. The van der Waals surface area contributed by atoms with Crippen molar-refractivity contribution in [3.63, 3.8) is 0 Å². The van der Waals surface area contributed by atoms with Gasteiger partial charge in [-0.25, -0.2) is 5.43 Å². The molecule has 1 amide bonds. The van der Waals surface area contributed by atoms with Gasteiger partial charge in [0.05, 0.1) is 6.21 Å². The van der Waals surface area contributed by atoms with E-state index in [4.69, 9.17) is 21.1 Å². The molecule has 0 saturated carbocycles. The fraction of sp³-hybridized carbons (Fsp3) is 0.0769. The summed E-state index contributed by atoms with van der Waals surface area (Å²) in [7, 11) is 0. The minimum Gasteiger partial charge on any atom is -0.489 e. The van der Waals surface area contributed by atoms with Gasteiger partial charge in [0.2, 0.25) is 0 Å². The van der Waals surface area contributed by atoms with Crippen LogP contribution in [0.2, 0.25) is 5.02 Å². The summed E-state index contributed by atoms with van der Waals surface area (Å²) in [5.74, 6) is 1.02. The van der Waals surface area contributed by atoms with E-state index in [9.17, 15) is 4.79 Å². The fourth-order valence-corrected chi connectivity index (χ4v) is 3.23. The molecule has 0 atom stereocenters. The molecule has 0 aliphatic heterocycles. The van der Waals surface area contributed by atoms with Crippen LogP contribution in [0.1, 0.15) is 11.1 Å². The fourth-order valence-electron chi connectivity index (χ4n) is 3.11. The van der Waals surface area contributed by atoms with Crippen LogP contribution in [0.4, 0.5) is 0 Å². The van der Waals surface area contributed by atoms with E-state index >= 15 is 0 Å². The molecule has 4 rings (SSSR count). The third kappa shape index (κ3) is 5.86. The Morgan fingerprint density at radius 2 is 1.69 bits per heavy atom. The molecule has 1 N–H and O–H groups in total. The lowest BCUT2D eigenvalue weighted by atomic mass is 10.1. The van der Waals surface area contributed by atoms with Gasteiger partial charge < -0.3 is 9.47 Å². The predicted molar refractivity (Wildman–Crippen MR) is 127 cm³/mol. The third-order valence-electron chi connectivity index (χ3n) is 4.69. The first-order valence-corrected chi connectivity index (χ1v) is 10.4. The van der Waals surface area contributed by atoms with Crippen molar-refractivity contribution >= 4 is 34.5 Å². The predicted octanol–water partition coefficient (Wildman–Crippen LogP) is 5.60. The molecule has 4 aromatic rings. The zero-order valence-corrected chi connectivity index (χ0v) is 18.0. The van der Waals surface area contributed by atoms with Crippen LogP contribution in [0.3, 0.4) is 0 Å². The Morgan fingerprint density at radius 3 is 2.56 bits per heavy atom. The van der Waals surface area contributed by atoms with Crippen LogP contribution in [0.5, 0.6) is 11.5 Å². The highest BCUT2D eigenvalue weighted by molar-refractivity contribution is 6.30. The Bertz CT molecular complexity index is 1230. The monoisotopic (exact) mass is 444 g/mol. The molecule has 5 nitrogen and oxygen atoms in total. The second kappa shape index (κ2) is 10.5. The average Bonchev–Trinajstić information content (AvgIpc) is 2.83. The number of carbonyl (C=O) groups excluding carboxylic acids is 1. The van der Waals surface area contributed by atoms with Gasteiger partial charge in [-0.2, -0.15) is 5.10 Å². The standard InChI is InChI=1S/C26H21ClN2O3/c27-22-13-11-19(12-14-22)17-31-23-8-3-5-20(15-23)16-28-29-26(30)18-32-25-10-4-7-21-6-1-2-9-24(21)25/h1-16H,17-18H2,(H,29,30)/b28-16+. The van der Waals surface area contributed by atoms with Crippen LogP contribution >= 0.6 is 11.6 Å². The average molecular weight is 445 g/mol. The van der Waals surface area contributed by atoms with E-state index < -0.39 is 0 Å². The Hall–Kier alpha value is -3.83. The van der Waals surface area contributed by atoms with Gasteiger partial charge in [-0.15, -0.1) is 0 Å². The van der Waals surface area contributed by atoms with Gasteiger partial charge >= 0.3 is 0 Å². The lowest BCUT2D eigenvalue weighted by molar-refractivity contribution is -0.123. The molecular weight excluding hydrogens is 424 g/mol. The maximum absolute atomic E-state index is 12.1. The number of ether oxygens (including phenoxy) is 2. The number of fused-ring (bicyclic) bond motifs is 1. The quantitative estimate of drug-likeness (QED) is 0.284. The SMILES string of the molecule is O=C(COc1cccc2ccccc12)N/N=C/c1cccc(OCc2ccc(Cl)cc2)c1. The number of amides is 1. The molecule has 0 aliphatic rings. The summed E-state index contributed by atoms with van der Waals surface area (Å²) >= 11 is 5.90. The molecule has 160 valence electrons.